The number of methoxy groups -OCH3 is 1. The topological polar surface area (TPSA) is 87.9 Å². The van der Waals surface area contributed by atoms with E-state index in [0.29, 0.717) is 0 Å². The van der Waals surface area contributed by atoms with Gasteiger partial charge in [-0.25, -0.2) is 9.59 Å². The van der Waals surface area contributed by atoms with Crippen LogP contribution >= 0.6 is 0 Å². The molecule has 0 spiro atoms. The monoisotopic (exact) mass is 213 g/mol. The summed E-state index contributed by atoms with van der Waals surface area (Å²) in [4.78, 5) is 22.7. The summed E-state index contributed by atoms with van der Waals surface area (Å²) < 4.78 is 14.6. The summed E-state index contributed by atoms with van der Waals surface area (Å²) in [6.45, 7) is 1.69. The Morgan fingerprint density at radius 3 is 2.73 bits per heavy atom. The maximum atomic E-state index is 11.4. The number of rotatable bonds is 1. The minimum absolute atomic E-state index is 0.0413. The molecule has 0 saturated carbocycles. The summed E-state index contributed by atoms with van der Waals surface area (Å²) in [6.07, 6.45) is -1.22. The summed E-state index contributed by atoms with van der Waals surface area (Å²) >= 11 is 0. The predicted molar refractivity (Wildman–Crippen MR) is 47.1 cm³/mol. The van der Waals surface area contributed by atoms with Crippen molar-refractivity contribution in [2.75, 3.05) is 7.11 Å². The Kier molecular flexibility index (Phi) is 2.06. The zero-order valence-electron chi connectivity index (χ0n) is 8.35. The second-order valence-electron chi connectivity index (χ2n) is 3.48. The van der Waals surface area contributed by atoms with Crippen LogP contribution in [0.1, 0.15) is 6.92 Å². The normalized spacial score (nSPS) is 33.5. The molecule has 0 bridgehead atoms. The molecule has 0 aliphatic carbocycles. The molecule has 0 unspecified atom stereocenters. The van der Waals surface area contributed by atoms with Gasteiger partial charge < -0.3 is 19.9 Å². The van der Waals surface area contributed by atoms with E-state index in [1.54, 1.807) is 6.92 Å². The molecule has 2 N–H and O–H groups in total. The maximum absolute atomic E-state index is 11.4. The maximum Gasteiger partial charge on any atom is 0.348 e. The van der Waals surface area contributed by atoms with Gasteiger partial charge in [0.25, 0.3) is 0 Å². The van der Waals surface area contributed by atoms with Gasteiger partial charge in [-0.2, -0.15) is 0 Å². The Morgan fingerprint density at radius 1 is 1.47 bits per heavy atom. The molecule has 6 heteroatoms. The zero-order chi connectivity index (χ0) is 11.2. The third kappa shape index (κ3) is 1.25. The molecule has 3 atom stereocenters. The smallest absolute Gasteiger partial charge is 0.348 e. The van der Waals surface area contributed by atoms with E-state index in [1.165, 1.54) is 7.11 Å². The van der Waals surface area contributed by atoms with Crippen LogP contribution in [0.5, 0.6) is 0 Å². The van der Waals surface area contributed by atoms with E-state index >= 15 is 0 Å². The number of hydrogen-bond acceptors (Lipinski definition) is 6. The SMILES string of the molecule is COC(=O)C1=C(N)O[C@@H]2C(=O)O[C@@H](C)[C@H]12. The first-order chi connectivity index (χ1) is 7.06. The van der Waals surface area contributed by atoms with E-state index in [4.69, 9.17) is 15.2 Å². The van der Waals surface area contributed by atoms with Crippen LogP contribution in [0.25, 0.3) is 0 Å². The van der Waals surface area contributed by atoms with Crippen LogP contribution in [0.3, 0.4) is 0 Å². The van der Waals surface area contributed by atoms with Crippen LogP contribution < -0.4 is 5.73 Å². The third-order valence-electron chi connectivity index (χ3n) is 2.62. The number of hydrogen-bond donors (Lipinski definition) is 1. The van der Waals surface area contributed by atoms with Crippen molar-refractivity contribution in [2.24, 2.45) is 11.7 Å². The summed E-state index contributed by atoms with van der Waals surface area (Å²) in [5.74, 6) is -1.56. The van der Waals surface area contributed by atoms with Crippen molar-refractivity contribution < 1.29 is 23.8 Å². The number of ether oxygens (including phenoxy) is 3. The lowest BCUT2D eigenvalue weighted by molar-refractivity contribution is -0.147. The molecular weight excluding hydrogens is 202 g/mol. The minimum Gasteiger partial charge on any atom is -0.465 e. The van der Waals surface area contributed by atoms with Crippen molar-refractivity contribution in [3.63, 3.8) is 0 Å². The summed E-state index contributed by atoms with van der Waals surface area (Å²) in [7, 11) is 1.25. The van der Waals surface area contributed by atoms with Gasteiger partial charge in [-0.3, -0.25) is 0 Å². The summed E-state index contributed by atoms with van der Waals surface area (Å²) in [6, 6.07) is 0. The summed E-state index contributed by atoms with van der Waals surface area (Å²) in [5.41, 5.74) is 5.71. The van der Waals surface area contributed by atoms with Crippen molar-refractivity contribution in [1.29, 1.82) is 0 Å². The van der Waals surface area contributed by atoms with Gasteiger partial charge in [0.15, 0.2) is 5.88 Å². The molecule has 0 radical (unpaired) electrons. The van der Waals surface area contributed by atoms with Crippen molar-refractivity contribution in [1.82, 2.24) is 0 Å². The highest BCUT2D eigenvalue weighted by atomic mass is 16.6. The van der Waals surface area contributed by atoms with Gasteiger partial charge >= 0.3 is 11.9 Å². The van der Waals surface area contributed by atoms with Crippen LogP contribution in [0.15, 0.2) is 11.5 Å². The molecule has 6 nitrogen and oxygen atoms in total. The molecule has 2 aliphatic rings. The Balaban J connectivity index is 2.35. The number of carbonyl (C=O) groups is 2. The first-order valence-electron chi connectivity index (χ1n) is 4.51. The molecule has 0 amide bonds. The number of esters is 2. The highest BCUT2D eigenvalue weighted by Gasteiger charge is 2.53. The molecule has 0 aromatic heterocycles. The molecule has 0 aromatic rings. The van der Waals surface area contributed by atoms with Gasteiger partial charge in [0.05, 0.1) is 13.0 Å². The molecule has 2 aliphatic heterocycles. The molecule has 15 heavy (non-hydrogen) atoms. The van der Waals surface area contributed by atoms with Crippen LogP contribution in [0.2, 0.25) is 0 Å². The van der Waals surface area contributed by atoms with Crippen molar-refractivity contribution in [3.8, 4) is 0 Å². The van der Waals surface area contributed by atoms with Gasteiger partial charge in [-0.15, -0.1) is 0 Å². The van der Waals surface area contributed by atoms with Crippen molar-refractivity contribution >= 4 is 11.9 Å². The lowest BCUT2D eigenvalue weighted by Crippen LogP contribution is -2.25. The quantitative estimate of drug-likeness (QED) is 0.579. The minimum atomic E-state index is -0.797. The zero-order valence-corrected chi connectivity index (χ0v) is 8.35. The molecule has 1 fully saturated rings. The standard InChI is InChI=1S/C9H11NO5/c1-3-4-5(8(11)13-2)7(10)15-6(4)9(12)14-3/h3-4,6H,10H2,1-2H3/t3-,4+,6-/m0/s1. The molecule has 2 heterocycles. The highest BCUT2D eigenvalue weighted by Crippen LogP contribution is 2.38. The number of cyclic esters (lactones) is 1. The highest BCUT2D eigenvalue weighted by molar-refractivity contribution is 5.93. The lowest BCUT2D eigenvalue weighted by Gasteiger charge is -2.10. The van der Waals surface area contributed by atoms with Gasteiger partial charge in [0, 0.05) is 0 Å². The van der Waals surface area contributed by atoms with Crippen LogP contribution in [0.4, 0.5) is 0 Å². The van der Waals surface area contributed by atoms with Crippen LogP contribution in [-0.2, 0) is 23.8 Å². The Hall–Kier alpha value is -1.72. The molecule has 2 rings (SSSR count). The fraction of sp³-hybridized carbons (Fsp3) is 0.556. The van der Waals surface area contributed by atoms with E-state index in [2.05, 4.69) is 4.74 Å². The predicted octanol–water partition coefficient (Wildman–Crippen LogP) is -0.710. The average molecular weight is 213 g/mol. The first-order valence-corrected chi connectivity index (χ1v) is 4.51. The number of fused-ring (bicyclic) bond motifs is 1. The number of carbonyl (C=O) groups excluding carboxylic acids is 2. The third-order valence-corrected chi connectivity index (χ3v) is 2.62. The molecule has 82 valence electrons. The van der Waals surface area contributed by atoms with Crippen LogP contribution in [0, 0.1) is 5.92 Å². The Labute approximate surface area is 86.0 Å². The number of nitrogens with two attached hydrogens (primary N) is 1. The second kappa shape index (κ2) is 3.15. The van der Waals surface area contributed by atoms with Crippen molar-refractivity contribution in [2.45, 2.75) is 19.1 Å². The lowest BCUT2D eigenvalue weighted by atomic mass is 9.93. The largest absolute Gasteiger partial charge is 0.465 e. The van der Waals surface area contributed by atoms with E-state index in [9.17, 15) is 9.59 Å². The first kappa shape index (κ1) is 9.82. The van der Waals surface area contributed by atoms with Gasteiger partial charge in [-0.1, -0.05) is 0 Å². The summed E-state index contributed by atoms with van der Waals surface area (Å²) in [5, 5.41) is 0. The van der Waals surface area contributed by atoms with Crippen LogP contribution in [-0.4, -0.2) is 31.3 Å². The van der Waals surface area contributed by atoms with Crippen molar-refractivity contribution in [3.05, 3.63) is 11.5 Å². The molecular formula is C9H11NO5. The van der Waals surface area contributed by atoms with Gasteiger partial charge in [0.1, 0.15) is 11.7 Å². The average Bonchev–Trinajstić information content (AvgIpc) is 2.65. The van der Waals surface area contributed by atoms with E-state index in [1.807, 2.05) is 0 Å². The Morgan fingerprint density at radius 2 is 2.13 bits per heavy atom. The van der Waals surface area contributed by atoms with Gasteiger partial charge in [-0.05, 0) is 6.92 Å². The van der Waals surface area contributed by atoms with E-state index in [-0.39, 0.29) is 11.5 Å². The second-order valence-corrected chi connectivity index (χ2v) is 3.48. The molecule has 0 aromatic carbocycles. The fourth-order valence-electron chi connectivity index (χ4n) is 1.94. The fourth-order valence-corrected chi connectivity index (χ4v) is 1.94. The van der Waals surface area contributed by atoms with E-state index < -0.39 is 30.1 Å². The Bertz CT molecular complexity index is 362. The van der Waals surface area contributed by atoms with Gasteiger partial charge in [0.2, 0.25) is 6.10 Å². The van der Waals surface area contributed by atoms with E-state index in [0.717, 1.165) is 0 Å². The molecule has 1 saturated heterocycles.